The lowest BCUT2D eigenvalue weighted by Crippen LogP contribution is -2.12. The number of halogens is 1. The Kier molecular flexibility index (Phi) is 5.96. The first-order valence-corrected chi connectivity index (χ1v) is 10.7. The van der Waals surface area contributed by atoms with Crippen molar-refractivity contribution in [3.63, 3.8) is 0 Å². The summed E-state index contributed by atoms with van der Waals surface area (Å²) in [6, 6.07) is 13.3. The van der Waals surface area contributed by atoms with E-state index in [0.29, 0.717) is 29.1 Å². The third-order valence-corrected chi connectivity index (χ3v) is 5.35. The van der Waals surface area contributed by atoms with Gasteiger partial charge in [0.05, 0.1) is 5.75 Å². The van der Waals surface area contributed by atoms with Gasteiger partial charge in [-0.25, -0.2) is 4.98 Å². The highest BCUT2D eigenvalue weighted by Gasteiger charge is 2.12. The molecule has 0 bridgehead atoms. The lowest BCUT2D eigenvalue weighted by Gasteiger charge is -2.04. The largest absolute Gasteiger partial charge is 0.431 e. The van der Waals surface area contributed by atoms with Crippen LogP contribution in [0.4, 0.5) is 5.69 Å². The third-order valence-electron chi connectivity index (χ3n) is 4.03. The molecule has 0 aliphatic rings. The summed E-state index contributed by atoms with van der Waals surface area (Å²) in [5, 5.41) is 7.36. The topological polar surface area (TPSA) is 94.0 Å². The predicted octanol–water partition coefficient (Wildman–Crippen LogP) is 5.15. The second-order valence-electron chi connectivity index (χ2n) is 6.40. The summed E-state index contributed by atoms with van der Waals surface area (Å²) < 4.78 is 11.8. The number of nitrogens with one attached hydrogen (secondary N) is 1. The van der Waals surface area contributed by atoms with Gasteiger partial charge in [-0.1, -0.05) is 45.0 Å². The van der Waals surface area contributed by atoms with Crippen molar-refractivity contribution in [3.8, 4) is 0 Å². The number of hydrogen-bond acceptors (Lipinski definition) is 7. The molecule has 0 unspecified atom stereocenters. The highest BCUT2D eigenvalue weighted by Crippen LogP contribution is 2.26. The summed E-state index contributed by atoms with van der Waals surface area (Å²) in [4.78, 5) is 20.9. The van der Waals surface area contributed by atoms with Gasteiger partial charge in [-0.05, 0) is 42.8 Å². The van der Waals surface area contributed by atoms with Crippen LogP contribution in [0.5, 0.6) is 0 Å². The summed E-state index contributed by atoms with van der Waals surface area (Å²) >= 11 is 4.78. The van der Waals surface area contributed by atoms with Crippen LogP contribution >= 0.6 is 27.7 Å². The van der Waals surface area contributed by atoms with E-state index in [2.05, 4.69) is 36.4 Å². The Hall–Kier alpha value is -2.65. The van der Waals surface area contributed by atoms with Crippen LogP contribution in [0.25, 0.3) is 11.1 Å². The Morgan fingerprint density at radius 1 is 1.21 bits per heavy atom. The van der Waals surface area contributed by atoms with Crippen LogP contribution < -0.4 is 5.32 Å². The number of benzene rings is 2. The molecule has 0 fully saturated rings. The van der Waals surface area contributed by atoms with Crippen molar-refractivity contribution in [2.45, 2.75) is 30.7 Å². The molecule has 0 atom stereocenters. The second kappa shape index (κ2) is 8.79. The number of nitrogens with zero attached hydrogens (tertiary/aromatic N) is 3. The van der Waals surface area contributed by atoms with E-state index in [-0.39, 0.29) is 12.3 Å². The zero-order chi connectivity index (χ0) is 20.2. The minimum absolute atomic E-state index is 0.112. The summed E-state index contributed by atoms with van der Waals surface area (Å²) in [5.74, 6) is 1.33. The van der Waals surface area contributed by atoms with E-state index in [1.807, 2.05) is 49.4 Å². The maximum absolute atomic E-state index is 12.1. The van der Waals surface area contributed by atoms with E-state index in [1.54, 1.807) is 0 Å². The van der Waals surface area contributed by atoms with E-state index in [1.165, 1.54) is 11.8 Å². The fourth-order valence-electron chi connectivity index (χ4n) is 2.66. The summed E-state index contributed by atoms with van der Waals surface area (Å²) in [6.45, 7) is 2.01. The van der Waals surface area contributed by atoms with Crippen molar-refractivity contribution in [3.05, 3.63) is 64.2 Å². The number of carbonyl (C=O) groups excluding carboxylic acids is 1. The molecular weight excluding hydrogens is 456 g/mol. The molecule has 0 aliphatic carbocycles. The molecule has 2 aromatic heterocycles. The van der Waals surface area contributed by atoms with Crippen molar-refractivity contribution < 1.29 is 13.7 Å². The van der Waals surface area contributed by atoms with Crippen LogP contribution in [-0.2, 0) is 17.0 Å². The van der Waals surface area contributed by atoms with Gasteiger partial charge < -0.3 is 14.3 Å². The minimum atomic E-state index is -0.112. The van der Waals surface area contributed by atoms with Gasteiger partial charge in [0.2, 0.25) is 11.8 Å². The Morgan fingerprint density at radius 3 is 2.97 bits per heavy atom. The van der Waals surface area contributed by atoms with E-state index < -0.39 is 0 Å². The highest BCUT2D eigenvalue weighted by atomic mass is 79.9. The van der Waals surface area contributed by atoms with E-state index in [4.69, 9.17) is 8.94 Å². The number of aromatic nitrogens is 3. The number of rotatable bonds is 7. The van der Waals surface area contributed by atoms with Gasteiger partial charge in [0, 0.05) is 23.0 Å². The molecule has 4 aromatic rings. The summed E-state index contributed by atoms with van der Waals surface area (Å²) in [6.07, 6.45) is 0.630. The Bertz CT molecular complexity index is 1160. The lowest BCUT2D eigenvalue weighted by atomic mass is 10.2. The van der Waals surface area contributed by atoms with Crippen molar-refractivity contribution in [2.75, 3.05) is 5.32 Å². The maximum atomic E-state index is 12.1. The molecule has 29 heavy (non-hydrogen) atoms. The predicted molar refractivity (Wildman–Crippen MR) is 114 cm³/mol. The molecule has 9 heteroatoms. The number of aryl methyl sites for hydroxylation is 2. The molecule has 1 amide bonds. The van der Waals surface area contributed by atoms with E-state index in [9.17, 15) is 4.79 Å². The maximum Gasteiger partial charge on any atom is 0.257 e. The average Bonchev–Trinajstić information content (AvgIpc) is 3.30. The average molecular weight is 473 g/mol. The summed E-state index contributed by atoms with van der Waals surface area (Å²) in [5.41, 5.74) is 3.45. The van der Waals surface area contributed by atoms with Gasteiger partial charge in [0.1, 0.15) is 5.52 Å². The van der Waals surface area contributed by atoms with Crippen LogP contribution in [0.1, 0.15) is 23.7 Å². The zero-order valence-electron chi connectivity index (χ0n) is 15.5. The number of oxazole rings is 1. The van der Waals surface area contributed by atoms with Crippen molar-refractivity contribution in [2.24, 2.45) is 0 Å². The minimum Gasteiger partial charge on any atom is -0.431 e. The molecule has 2 aromatic carbocycles. The molecule has 148 valence electrons. The van der Waals surface area contributed by atoms with Gasteiger partial charge >= 0.3 is 0 Å². The smallest absolute Gasteiger partial charge is 0.257 e. The number of fused-ring (bicyclic) bond motifs is 1. The number of thioether (sulfide) groups is 1. The van der Waals surface area contributed by atoms with Crippen molar-refractivity contribution in [1.29, 1.82) is 0 Å². The molecule has 0 radical (unpaired) electrons. The van der Waals surface area contributed by atoms with Crippen LogP contribution in [-0.4, -0.2) is 21.0 Å². The first kappa shape index (κ1) is 19.7. The summed E-state index contributed by atoms with van der Waals surface area (Å²) in [7, 11) is 0. The fraction of sp³-hybridized carbons (Fsp3) is 0.200. The molecule has 0 saturated carbocycles. The van der Waals surface area contributed by atoms with Crippen molar-refractivity contribution in [1.82, 2.24) is 15.1 Å². The Labute approximate surface area is 179 Å². The molecule has 0 saturated heterocycles. The van der Waals surface area contributed by atoms with Gasteiger partial charge in [-0.3, -0.25) is 4.79 Å². The molecule has 7 nitrogen and oxygen atoms in total. The van der Waals surface area contributed by atoms with Crippen LogP contribution in [0.3, 0.4) is 0 Å². The van der Waals surface area contributed by atoms with E-state index in [0.717, 1.165) is 26.8 Å². The molecule has 0 spiro atoms. The molecule has 4 rings (SSSR count). The van der Waals surface area contributed by atoms with Crippen LogP contribution in [0, 0.1) is 6.92 Å². The van der Waals surface area contributed by atoms with Gasteiger partial charge in [-0.2, -0.15) is 4.98 Å². The van der Waals surface area contributed by atoms with Crippen LogP contribution in [0.15, 0.2) is 61.1 Å². The highest BCUT2D eigenvalue weighted by molar-refractivity contribution is 9.10. The normalized spacial score (nSPS) is 11.1. The van der Waals surface area contributed by atoms with Gasteiger partial charge in [-0.15, -0.1) is 0 Å². The molecule has 1 N–H and O–H groups in total. The number of anilines is 1. The van der Waals surface area contributed by atoms with E-state index >= 15 is 0 Å². The standard InChI is InChI=1S/C20H17BrN4O3S/c1-12-5-6-16-15(9-12)23-20(27-16)29-11-17-24-19(28-25-17)8-7-18(26)22-14-4-2-3-13(21)10-14/h2-6,9-10H,7-8,11H2,1H3,(H,22,26). The monoisotopic (exact) mass is 472 g/mol. The third kappa shape index (κ3) is 5.24. The quantitative estimate of drug-likeness (QED) is 0.371. The first-order chi connectivity index (χ1) is 14.0. The molecule has 2 heterocycles. The SMILES string of the molecule is Cc1ccc2oc(SCc3noc(CCC(=O)Nc4cccc(Br)c4)n3)nc2c1. The Morgan fingerprint density at radius 2 is 2.10 bits per heavy atom. The van der Waals surface area contributed by atoms with Crippen LogP contribution in [0.2, 0.25) is 0 Å². The van der Waals surface area contributed by atoms with Gasteiger partial charge in [0.25, 0.3) is 5.22 Å². The lowest BCUT2D eigenvalue weighted by molar-refractivity contribution is -0.116. The molecular formula is C20H17BrN4O3S. The van der Waals surface area contributed by atoms with Crippen molar-refractivity contribution >= 4 is 50.4 Å². The zero-order valence-corrected chi connectivity index (χ0v) is 17.9. The fourth-order valence-corrected chi connectivity index (χ4v) is 3.75. The first-order valence-electron chi connectivity index (χ1n) is 8.92. The number of carbonyl (C=O) groups is 1. The van der Waals surface area contributed by atoms with Gasteiger partial charge in [0.15, 0.2) is 11.4 Å². The second-order valence-corrected chi connectivity index (χ2v) is 8.24. The molecule has 0 aliphatic heterocycles. The Balaban J connectivity index is 1.28. The number of hydrogen-bond donors (Lipinski definition) is 1. The number of amides is 1.